The predicted octanol–water partition coefficient (Wildman–Crippen LogP) is 4.68. The van der Waals surface area contributed by atoms with Gasteiger partial charge in [0.2, 0.25) is 0 Å². The molecule has 2 aromatic carbocycles. The summed E-state index contributed by atoms with van der Waals surface area (Å²) in [5.74, 6) is 1.14. The fraction of sp³-hybridized carbons (Fsp3) is 0.250. The van der Waals surface area contributed by atoms with Crippen molar-refractivity contribution in [2.24, 2.45) is 0 Å². The van der Waals surface area contributed by atoms with E-state index in [4.69, 9.17) is 4.74 Å². The first-order valence-electron chi connectivity index (χ1n) is 6.27. The monoisotopic (exact) mass is 336 g/mol. The second-order valence-corrected chi connectivity index (χ2v) is 5.71. The quantitative estimate of drug-likeness (QED) is 0.753. The molecule has 0 radical (unpaired) electrons. The molecule has 0 aromatic heterocycles. The molecule has 2 rings (SSSR count). The Hall–Kier alpha value is -0.770. The van der Waals surface area contributed by atoms with Crippen molar-refractivity contribution in [3.63, 3.8) is 0 Å². The SMILES string of the molecule is SCC(COCc1ccc(Br)cc1)c1ccccc1. The lowest BCUT2D eigenvalue weighted by Gasteiger charge is -2.15. The van der Waals surface area contributed by atoms with Gasteiger partial charge in [0.05, 0.1) is 13.2 Å². The second-order valence-electron chi connectivity index (χ2n) is 4.43. The van der Waals surface area contributed by atoms with Crippen LogP contribution in [-0.2, 0) is 11.3 Å². The molecule has 0 amide bonds. The van der Waals surface area contributed by atoms with Crippen LogP contribution in [0.2, 0.25) is 0 Å². The van der Waals surface area contributed by atoms with Crippen molar-refractivity contribution < 1.29 is 4.74 Å². The van der Waals surface area contributed by atoms with E-state index >= 15 is 0 Å². The molecule has 0 saturated carbocycles. The minimum atomic E-state index is 0.347. The molecule has 0 aliphatic rings. The highest BCUT2D eigenvalue weighted by molar-refractivity contribution is 9.10. The van der Waals surface area contributed by atoms with Crippen molar-refractivity contribution in [1.29, 1.82) is 0 Å². The minimum absolute atomic E-state index is 0.347. The average Bonchev–Trinajstić information content (AvgIpc) is 2.46. The molecular formula is C16H17BrOS. The molecule has 3 heteroatoms. The van der Waals surface area contributed by atoms with Crippen LogP contribution in [0.5, 0.6) is 0 Å². The molecule has 1 unspecified atom stereocenters. The summed E-state index contributed by atoms with van der Waals surface area (Å²) in [5, 5.41) is 0. The summed E-state index contributed by atoms with van der Waals surface area (Å²) in [6.45, 7) is 1.34. The normalized spacial score (nSPS) is 12.3. The van der Waals surface area contributed by atoms with Gasteiger partial charge in [0.25, 0.3) is 0 Å². The third-order valence-corrected chi connectivity index (χ3v) is 3.96. The Bertz CT molecular complexity index is 484. The van der Waals surface area contributed by atoms with Gasteiger partial charge in [-0.3, -0.25) is 0 Å². The van der Waals surface area contributed by atoms with E-state index in [0.29, 0.717) is 19.1 Å². The van der Waals surface area contributed by atoms with Gasteiger partial charge in [-0.25, -0.2) is 0 Å². The molecule has 1 atom stereocenters. The topological polar surface area (TPSA) is 9.23 Å². The van der Waals surface area contributed by atoms with Gasteiger partial charge in [-0.1, -0.05) is 58.4 Å². The largest absolute Gasteiger partial charge is 0.376 e. The molecule has 19 heavy (non-hydrogen) atoms. The van der Waals surface area contributed by atoms with Crippen molar-refractivity contribution in [3.8, 4) is 0 Å². The molecular weight excluding hydrogens is 320 g/mol. The first-order chi connectivity index (χ1) is 9.29. The smallest absolute Gasteiger partial charge is 0.0717 e. The number of halogens is 1. The zero-order valence-corrected chi connectivity index (χ0v) is 13.1. The highest BCUT2D eigenvalue weighted by atomic mass is 79.9. The summed E-state index contributed by atoms with van der Waals surface area (Å²) in [6.07, 6.45) is 0. The molecule has 0 saturated heterocycles. The van der Waals surface area contributed by atoms with Gasteiger partial charge in [0.1, 0.15) is 0 Å². The van der Waals surface area contributed by atoms with Crippen LogP contribution >= 0.6 is 28.6 Å². The molecule has 0 N–H and O–H groups in total. The lowest BCUT2D eigenvalue weighted by molar-refractivity contribution is 0.111. The second kappa shape index (κ2) is 7.73. The molecule has 0 heterocycles. The van der Waals surface area contributed by atoms with Crippen LogP contribution in [0.25, 0.3) is 0 Å². The first-order valence-corrected chi connectivity index (χ1v) is 7.70. The van der Waals surface area contributed by atoms with E-state index in [1.165, 1.54) is 11.1 Å². The zero-order chi connectivity index (χ0) is 13.5. The van der Waals surface area contributed by atoms with E-state index in [0.717, 1.165) is 10.2 Å². The first kappa shape index (κ1) is 14.6. The van der Waals surface area contributed by atoms with Crippen molar-refractivity contribution in [1.82, 2.24) is 0 Å². The van der Waals surface area contributed by atoms with Crippen molar-refractivity contribution >= 4 is 28.6 Å². The van der Waals surface area contributed by atoms with Gasteiger partial charge >= 0.3 is 0 Å². The van der Waals surface area contributed by atoms with E-state index in [1.807, 2.05) is 18.2 Å². The van der Waals surface area contributed by atoms with Gasteiger partial charge in [-0.15, -0.1) is 0 Å². The molecule has 0 bridgehead atoms. The number of rotatable bonds is 6. The van der Waals surface area contributed by atoms with Crippen molar-refractivity contribution in [2.45, 2.75) is 12.5 Å². The summed E-state index contributed by atoms with van der Waals surface area (Å²) in [7, 11) is 0. The third-order valence-electron chi connectivity index (χ3n) is 2.99. The number of ether oxygens (including phenoxy) is 1. The Kier molecular flexibility index (Phi) is 5.95. The average molecular weight is 337 g/mol. The van der Waals surface area contributed by atoms with Crippen molar-refractivity contribution in [2.75, 3.05) is 12.4 Å². The van der Waals surface area contributed by atoms with Crippen LogP contribution in [0.4, 0.5) is 0 Å². The standard InChI is InChI=1S/C16H17BrOS/c17-16-8-6-13(7-9-16)10-18-11-15(12-19)14-4-2-1-3-5-14/h1-9,15,19H,10-12H2. The maximum Gasteiger partial charge on any atom is 0.0717 e. The van der Waals surface area contributed by atoms with E-state index in [2.05, 4.69) is 65.0 Å². The Labute approximate surface area is 128 Å². The van der Waals surface area contributed by atoms with Crippen LogP contribution in [0.15, 0.2) is 59.1 Å². The molecule has 2 aromatic rings. The Morgan fingerprint density at radius 1 is 1.00 bits per heavy atom. The maximum atomic E-state index is 5.80. The number of hydrogen-bond acceptors (Lipinski definition) is 2. The van der Waals surface area contributed by atoms with Crippen LogP contribution in [0.1, 0.15) is 17.0 Å². The molecule has 0 fully saturated rings. The number of benzene rings is 2. The minimum Gasteiger partial charge on any atom is -0.376 e. The van der Waals surface area contributed by atoms with Gasteiger partial charge in [0, 0.05) is 10.4 Å². The van der Waals surface area contributed by atoms with Gasteiger partial charge in [0.15, 0.2) is 0 Å². The summed E-state index contributed by atoms with van der Waals surface area (Å²) in [5.41, 5.74) is 2.47. The van der Waals surface area contributed by atoms with E-state index in [1.54, 1.807) is 0 Å². The summed E-state index contributed by atoms with van der Waals surface area (Å²) < 4.78 is 6.89. The molecule has 100 valence electrons. The highest BCUT2D eigenvalue weighted by Crippen LogP contribution is 2.18. The fourth-order valence-corrected chi connectivity index (χ4v) is 2.46. The fourth-order valence-electron chi connectivity index (χ4n) is 1.88. The van der Waals surface area contributed by atoms with Crippen LogP contribution in [-0.4, -0.2) is 12.4 Å². The summed E-state index contributed by atoms with van der Waals surface area (Å²) in [6, 6.07) is 18.6. The zero-order valence-electron chi connectivity index (χ0n) is 10.6. The van der Waals surface area contributed by atoms with Crippen LogP contribution < -0.4 is 0 Å². The Morgan fingerprint density at radius 2 is 1.68 bits per heavy atom. The van der Waals surface area contributed by atoms with E-state index in [9.17, 15) is 0 Å². The lowest BCUT2D eigenvalue weighted by Crippen LogP contribution is -2.09. The molecule has 1 nitrogen and oxygen atoms in total. The summed E-state index contributed by atoms with van der Waals surface area (Å²) in [4.78, 5) is 0. The van der Waals surface area contributed by atoms with Crippen LogP contribution in [0.3, 0.4) is 0 Å². The van der Waals surface area contributed by atoms with Gasteiger partial charge in [-0.2, -0.15) is 12.6 Å². The Balaban J connectivity index is 1.85. The lowest BCUT2D eigenvalue weighted by atomic mass is 10.0. The van der Waals surface area contributed by atoms with Gasteiger partial charge in [-0.05, 0) is 29.0 Å². The predicted molar refractivity (Wildman–Crippen MR) is 86.8 cm³/mol. The van der Waals surface area contributed by atoms with Gasteiger partial charge < -0.3 is 4.74 Å². The molecule has 0 aliphatic carbocycles. The molecule has 0 aliphatic heterocycles. The van der Waals surface area contributed by atoms with E-state index < -0.39 is 0 Å². The number of hydrogen-bond donors (Lipinski definition) is 1. The third kappa shape index (κ3) is 4.68. The van der Waals surface area contributed by atoms with Crippen LogP contribution in [0, 0.1) is 0 Å². The maximum absolute atomic E-state index is 5.80. The molecule has 0 spiro atoms. The summed E-state index contributed by atoms with van der Waals surface area (Å²) >= 11 is 7.84. The number of thiol groups is 1. The van der Waals surface area contributed by atoms with Crippen molar-refractivity contribution in [3.05, 3.63) is 70.2 Å². The van der Waals surface area contributed by atoms with E-state index in [-0.39, 0.29) is 0 Å². The highest BCUT2D eigenvalue weighted by Gasteiger charge is 2.09. The Morgan fingerprint density at radius 3 is 2.32 bits per heavy atom.